The lowest BCUT2D eigenvalue weighted by Gasteiger charge is -2.26. The van der Waals surface area contributed by atoms with Crippen LogP contribution in [0.3, 0.4) is 0 Å². The van der Waals surface area contributed by atoms with E-state index in [1.165, 1.54) is 5.69 Å². The first-order valence-corrected chi connectivity index (χ1v) is 5.77. The fourth-order valence-electron chi connectivity index (χ4n) is 1.46. The molecule has 0 radical (unpaired) electrons. The number of anilines is 2. The van der Waals surface area contributed by atoms with Crippen LogP contribution in [0.1, 0.15) is 13.8 Å². The summed E-state index contributed by atoms with van der Waals surface area (Å²) in [6, 6.07) is 8.60. The molecule has 16 heavy (non-hydrogen) atoms. The molecule has 0 aliphatic heterocycles. The normalized spacial score (nSPS) is 11.1. The monoisotopic (exact) mass is 221 g/mol. The SMILES string of the molecule is CC(C)N(C)CCN(C)c1cccc(N)c1. The lowest BCUT2D eigenvalue weighted by atomic mass is 10.2. The van der Waals surface area contributed by atoms with E-state index < -0.39 is 0 Å². The van der Waals surface area contributed by atoms with Crippen LogP contribution in [-0.2, 0) is 0 Å². The average molecular weight is 221 g/mol. The van der Waals surface area contributed by atoms with E-state index in [4.69, 9.17) is 5.73 Å². The van der Waals surface area contributed by atoms with Crippen molar-refractivity contribution in [1.82, 2.24) is 4.90 Å². The van der Waals surface area contributed by atoms with Gasteiger partial charge in [-0.05, 0) is 39.1 Å². The van der Waals surface area contributed by atoms with Gasteiger partial charge in [0.1, 0.15) is 0 Å². The fourth-order valence-corrected chi connectivity index (χ4v) is 1.46. The Bertz CT molecular complexity index is 323. The topological polar surface area (TPSA) is 32.5 Å². The fraction of sp³-hybridized carbons (Fsp3) is 0.538. The predicted octanol–water partition coefficient (Wildman–Crippen LogP) is 2.05. The molecule has 3 heteroatoms. The van der Waals surface area contributed by atoms with E-state index in [9.17, 15) is 0 Å². The summed E-state index contributed by atoms with van der Waals surface area (Å²) in [5.74, 6) is 0. The van der Waals surface area contributed by atoms with E-state index in [0.717, 1.165) is 18.8 Å². The van der Waals surface area contributed by atoms with Crippen LogP contribution in [0.25, 0.3) is 0 Å². The zero-order valence-electron chi connectivity index (χ0n) is 10.8. The highest BCUT2D eigenvalue weighted by Crippen LogP contribution is 2.15. The zero-order chi connectivity index (χ0) is 12.1. The molecular formula is C13H23N3. The molecule has 2 N–H and O–H groups in total. The number of benzene rings is 1. The molecule has 0 aromatic heterocycles. The summed E-state index contributed by atoms with van der Waals surface area (Å²) in [7, 11) is 4.25. The molecule has 0 saturated carbocycles. The first-order chi connectivity index (χ1) is 7.50. The highest BCUT2D eigenvalue weighted by molar-refractivity contribution is 5.55. The Kier molecular flexibility index (Phi) is 4.62. The van der Waals surface area contributed by atoms with Gasteiger partial charge in [0.05, 0.1) is 0 Å². The Hall–Kier alpha value is -1.22. The predicted molar refractivity (Wildman–Crippen MR) is 71.9 cm³/mol. The smallest absolute Gasteiger partial charge is 0.0384 e. The summed E-state index contributed by atoms with van der Waals surface area (Å²) in [6.45, 7) is 6.49. The summed E-state index contributed by atoms with van der Waals surface area (Å²) in [5.41, 5.74) is 7.76. The van der Waals surface area contributed by atoms with Gasteiger partial charge >= 0.3 is 0 Å². The molecule has 0 bridgehead atoms. The highest BCUT2D eigenvalue weighted by Gasteiger charge is 2.05. The summed E-state index contributed by atoms with van der Waals surface area (Å²) >= 11 is 0. The third kappa shape index (κ3) is 3.74. The van der Waals surface area contributed by atoms with E-state index in [-0.39, 0.29) is 0 Å². The van der Waals surface area contributed by atoms with E-state index in [0.29, 0.717) is 6.04 Å². The number of hydrogen-bond acceptors (Lipinski definition) is 3. The van der Waals surface area contributed by atoms with Gasteiger partial charge in [-0.25, -0.2) is 0 Å². The van der Waals surface area contributed by atoms with Crippen molar-refractivity contribution in [1.29, 1.82) is 0 Å². The molecule has 0 spiro atoms. The third-order valence-corrected chi connectivity index (χ3v) is 2.98. The van der Waals surface area contributed by atoms with Crippen molar-refractivity contribution in [2.45, 2.75) is 19.9 Å². The zero-order valence-corrected chi connectivity index (χ0v) is 10.8. The number of hydrogen-bond donors (Lipinski definition) is 1. The molecule has 0 aliphatic carbocycles. The number of rotatable bonds is 5. The molecule has 0 saturated heterocycles. The second-order valence-electron chi connectivity index (χ2n) is 4.59. The minimum Gasteiger partial charge on any atom is -0.399 e. The first-order valence-electron chi connectivity index (χ1n) is 5.77. The van der Waals surface area contributed by atoms with Gasteiger partial charge in [0, 0.05) is 37.6 Å². The van der Waals surface area contributed by atoms with Gasteiger partial charge in [0.2, 0.25) is 0 Å². The molecule has 3 nitrogen and oxygen atoms in total. The Morgan fingerprint density at radius 2 is 1.88 bits per heavy atom. The Morgan fingerprint density at radius 3 is 2.44 bits per heavy atom. The Balaban J connectivity index is 2.49. The standard InChI is InChI=1S/C13H23N3/c1-11(2)15(3)8-9-16(4)13-7-5-6-12(14)10-13/h5-7,10-11H,8-9,14H2,1-4H3. The third-order valence-electron chi connectivity index (χ3n) is 2.98. The largest absolute Gasteiger partial charge is 0.399 e. The number of likely N-dealkylation sites (N-methyl/N-ethyl adjacent to an activating group) is 2. The molecule has 1 aromatic rings. The quantitative estimate of drug-likeness (QED) is 0.772. The van der Waals surface area contributed by atoms with Crippen molar-refractivity contribution in [2.75, 3.05) is 37.8 Å². The minimum atomic E-state index is 0.592. The molecule has 0 atom stereocenters. The van der Waals surface area contributed by atoms with Crippen LogP contribution >= 0.6 is 0 Å². The summed E-state index contributed by atoms with van der Waals surface area (Å²) in [5, 5.41) is 0. The maximum atomic E-state index is 5.76. The number of nitrogens with two attached hydrogens (primary N) is 1. The van der Waals surface area contributed by atoms with Crippen LogP contribution in [0.2, 0.25) is 0 Å². The second kappa shape index (κ2) is 5.75. The summed E-state index contributed by atoms with van der Waals surface area (Å²) in [6.07, 6.45) is 0. The molecular weight excluding hydrogens is 198 g/mol. The highest BCUT2D eigenvalue weighted by atomic mass is 15.2. The minimum absolute atomic E-state index is 0.592. The van der Waals surface area contributed by atoms with Crippen LogP contribution in [-0.4, -0.2) is 38.1 Å². The molecule has 1 aromatic carbocycles. The van der Waals surface area contributed by atoms with Crippen molar-refractivity contribution in [3.05, 3.63) is 24.3 Å². The molecule has 0 heterocycles. The Labute approximate surface area is 98.8 Å². The van der Waals surface area contributed by atoms with Crippen LogP contribution in [0, 0.1) is 0 Å². The maximum Gasteiger partial charge on any atom is 0.0384 e. The van der Waals surface area contributed by atoms with E-state index in [1.807, 2.05) is 18.2 Å². The van der Waals surface area contributed by atoms with Gasteiger partial charge < -0.3 is 15.5 Å². The van der Waals surface area contributed by atoms with Crippen molar-refractivity contribution in [2.24, 2.45) is 0 Å². The van der Waals surface area contributed by atoms with Crippen LogP contribution in [0.15, 0.2) is 24.3 Å². The van der Waals surface area contributed by atoms with Crippen molar-refractivity contribution >= 4 is 11.4 Å². The van der Waals surface area contributed by atoms with Gasteiger partial charge in [-0.15, -0.1) is 0 Å². The lowest BCUT2D eigenvalue weighted by Crippen LogP contribution is -2.34. The molecule has 0 aliphatic rings. The number of nitrogens with zero attached hydrogens (tertiary/aromatic N) is 2. The van der Waals surface area contributed by atoms with Gasteiger partial charge in [0.15, 0.2) is 0 Å². The van der Waals surface area contributed by atoms with Gasteiger partial charge in [0.25, 0.3) is 0 Å². The van der Waals surface area contributed by atoms with Crippen LogP contribution < -0.4 is 10.6 Å². The maximum absolute atomic E-state index is 5.76. The molecule has 0 amide bonds. The van der Waals surface area contributed by atoms with E-state index >= 15 is 0 Å². The summed E-state index contributed by atoms with van der Waals surface area (Å²) < 4.78 is 0. The number of nitrogen functional groups attached to an aromatic ring is 1. The summed E-state index contributed by atoms with van der Waals surface area (Å²) in [4.78, 5) is 4.57. The van der Waals surface area contributed by atoms with Gasteiger partial charge in [-0.1, -0.05) is 6.07 Å². The van der Waals surface area contributed by atoms with Crippen LogP contribution in [0.5, 0.6) is 0 Å². The molecule has 1 rings (SSSR count). The lowest BCUT2D eigenvalue weighted by molar-refractivity contribution is 0.280. The molecule has 90 valence electrons. The molecule has 0 fully saturated rings. The molecule has 0 unspecified atom stereocenters. The van der Waals surface area contributed by atoms with Crippen molar-refractivity contribution in [3.8, 4) is 0 Å². The first kappa shape index (κ1) is 12.8. The second-order valence-corrected chi connectivity index (χ2v) is 4.59. The van der Waals surface area contributed by atoms with Gasteiger partial charge in [-0.3, -0.25) is 0 Å². The van der Waals surface area contributed by atoms with Crippen molar-refractivity contribution in [3.63, 3.8) is 0 Å². The van der Waals surface area contributed by atoms with E-state index in [2.05, 4.69) is 43.8 Å². The average Bonchev–Trinajstić information content (AvgIpc) is 2.25. The van der Waals surface area contributed by atoms with Crippen molar-refractivity contribution < 1.29 is 0 Å². The van der Waals surface area contributed by atoms with Gasteiger partial charge in [-0.2, -0.15) is 0 Å². The Morgan fingerprint density at radius 1 is 1.19 bits per heavy atom. The van der Waals surface area contributed by atoms with E-state index in [1.54, 1.807) is 0 Å². The van der Waals surface area contributed by atoms with Crippen LogP contribution in [0.4, 0.5) is 11.4 Å².